The number of benzene rings is 3. The molecule has 36 heavy (non-hydrogen) atoms. The summed E-state index contributed by atoms with van der Waals surface area (Å²) in [5.41, 5.74) is 12.5. The van der Waals surface area contributed by atoms with Crippen LogP contribution >= 0.6 is 0 Å². The third-order valence-corrected chi connectivity index (χ3v) is 8.02. The monoisotopic (exact) mass is 471 g/mol. The van der Waals surface area contributed by atoms with Crippen molar-refractivity contribution in [1.82, 2.24) is 4.90 Å². The fourth-order valence-electron chi connectivity index (χ4n) is 5.79. The van der Waals surface area contributed by atoms with Gasteiger partial charge in [-0.2, -0.15) is 0 Å². The minimum absolute atomic E-state index is 0.393. The highest BCUT2D eigenvalue weighted by atomic mass is 15.1. The van der Waals surface area contributed by atoms with Crippen LogP contribution in [-0.4, -0.2) is 18.0 Å². The molecule has 3 aromatic rings. The van der Waals surface area contributed by atoms with Crippen LogP contribution in [-0.2, 0) is 6.42 Å². The molecule has 0 saturated heterocycles. The number of hydrogen-bond donors (Lipinski definition) is 0. The first-order valence-corrected chi connectivity index (χ1v) is 13.2. The Bertz CT molecular complexity index is 1320. The van der Waals surface area contributed by atoms with E-state index in [1.807, 2.05) is 0 Å². The highest BCUT2D eigenvalue weighted by Gasteiger charge is 2.32. The Hall–Kier alpha value is -3.58. The number of rotatable bonds is 6. The summed E-state index contributed by atoms with van der Waals surface area (Å²) >= 11 is 0. The molecule has 182 valence electrons. The third kappa shape index (κ3) is 5.02. The summed E-state index contributed by atoms with van der Waals surface area (Å²) in [5, 5.41) is 0. The molecular weight excluding hydrogens is 434 g/mol. The molecule has 3 aromatic carbocycles. The van der Waals surface area contributed by atoms with Crippen molar-refractivity contribution in [3.63, 3.8) is 0 Å². The van der Waals surface area contributed by atoms with Gasteiger partial charge < -0.3 is 4.90 Å². The number of nitrogens with zero attached hydrogens (tertiary/aromatic N) is 1. The predicted molar refractivity (Wildman–Crippen MR) is 155 cm³/mol. The lowest BCUT2D eigenvalue weighted by Gasteiger charge is -2.37. The van der Waals surface area contributed by atoms with Crippen molar-refractivity contribution in [1.29, 1.82) is 0 Å². The van der Waals surface area contributed by atoms with Crippen LogP contribution in [0.25, 0.3) is 11.8 Å². The molecule has 0 bridgehead atoms. The molecule has 0 spiro atoms. The quantitative estimate of drug-likeness (QED) is 0.347. The van der Waals surface area contributed by atoms with Crippen molar-refractivity contribution in [3.8, 4) is 0 Å². The van der Waals surface area contributed by atoms with E-state index in [4.69, 9.17) is 0 Å². The van der Waals surface area contributed by atoms with Crippen LogP contribution in [0.2, 0.25) is 0 Å². The van der Waals surface area contributed by atoms with Crippen LogP contribution in [0.5, 0.6) is 0 Å². The Balaban J connectivity index is 1.45. The van der Waals surface area contributed by atoms with Gasteiger partial charge in [0.2, 0.25) is 0 Å². The molecule has 1 fully saturated rings. The van der Waals surface area contributed by atoms with E-state index in [0.29, 0.717) is 12.0 Å². The molecule has 0 aliphatic heterocycles. The van der Waals surface area contributed by atoms with Crippen molar-refractivity contribution in [3.05, 3.63) is 142 Å². The van der Waals surface area contributed by atoms with Crippen LogP contribution < -0.4 is 0 Å². The summed E-state index contributed by atoms with van der Waals surface area (Å²) in [6, 6.07) is 29.0. The smallest absolute Gasteiger partial charge is 0.0440 e. The molecule has 2 unspecified atom stereocenters. The van der Waals surface area contributed by atoms with Crippen LogP contribution in [0.1, 0.15) is 59.9 Å². The molecular formula is C35H37N. The average Bonchev–Trinajstić information content (AvgIpc) is 3.28. The lowest BCUT2D eigenvalue weighted by molar-refractivity contribution is 0.358. The predicted octanol–water partition coefficient (Wildman–Crippen LogP) is 8.75. The maximum Gasteiger partial charge on any atom is 0.0440 e. The number of fused-ring (bicyclic) bond motifs is 1. The van der Waals surface area contributed by atoms with E-state index in [9.17, 15) is 0 Å². The van der Waals surface area contributed by atoms with Crippen LogP contribution in [0.4, 0.5) is 0 Å². The molecule has 2 atom stereocenters. The molecule has 2 aliphatic carbocycles. The van der Waals surface area contributed by atoms with Gasteiger partial charge in [0.1, 0.15) is 0 Å². The SMILES string of the molecule is C=C1CC(N(C)C2=C(C(C)c3ccc(C)cc3)CCc3ccccc32)C/C1=C\C=C\c1ccccc1. The van der Waals surface area contributed by atoms with E-state index in [0.717, 1.165) is 25.7 Å². The maximum absolute atomic E-state index is 4.45. The number of hydrogen-bond acceptors (Lipinski definition) is 1. The minimum Gasteiger partial charge on any atom is -0.370 e. The second-order valence-electron chi connectivity index (χ2n) is 10.4. The highest BCUT2D eigenvalue weighted by molar-refractivity contribution is 5.73. The molecule has 1 nitrogen and oxygen atoms in total. The van der Waals surface area contributed by atoms with Crippen LogP contribution in [0.15, 0.2) is 114 Å². The lowest BCUT2D eigenvalue weighted by Crippen LogP contribution is -2.31. The van der Waals surface area contributed by atoms with Gasteiger partial charge in [-0.3, -0.25) is 0 Å². The summed E-state index contributed by atoms with van der Waals surface area (Å²) in [4.78, 5) is 2.57. The fourth-order valence-corrected chi connectivity index (χ4v) is 5.79. The third-order valence-electron chi connectivity index (χ3n) is 8.02. The second kappa shape index (κ2) is 10.6. The van der Waals surface area contributed by atoms with Crippen molar-refractivity contribution >= 4 is 11.8 Å². The molecule has 0 aromatic heterocycles. The summed E-state index contributed by atoms with van der Waals surface area (Å²) in [7, 11) is 2.31. The van der Waals surface area contributed by atoms with Gasteiger partial charge in [-0.25, -0.2) is 0 Å². The van der Waals surface area contributed by atoms with Crippen LogP contribution in [0.3, 0.4) is 0 Å². The Morgan fingerprint density at radius 2 is 1.61 bits per heavy atom. The lowest BCUT2D eigenvalue weighted by atomic mass is 9.80. The van der Waals surface area contributed by atoms with E-state index >= 15 is 0 Å². The van der Waals surface area contributed by atoms with Crippen molar-refractivity contribution in [2.75, 3.05) is 7.05 Å². The van der Waals surface area contributed by atoms with Gasteiger partial charge >= 0.3 is 0 Å². The Morgan fingerprint density at radius 1 is 0.889 bits per heavy atom. The topological polar surface area (TPSA) is 3.24 Å². The second-order valence-corrected chi connectivity index (χ2v) is 10.4. The maximum atomic E-state index is 4.45. The summed E-state index contributed by atoms with van der Waals surface area (Å²) < 4.78 is 0. The van der Waals surface area contributed by atoms with Gasteiger partial charge in [0.15, 0.2) is 0 Å². The molecule has 5 rings (SSSR count). The highest BCUT2D eigenvalue weighted by Crippen LogP contribution is 2.43. The molecule has 1 heteroatoms. The van der Waals surface area contributed by atoms with Crippen molar-refractivity contribution < 1.29 is 0 Å². The Morgan fingerprint density at radius 3 is 2.39 bits per heavy atom. The van der Waals surface area contributed by atoms with Gasteiger partial charge in [-0.15, -0.1) is 0 Å². The van der Waals surface area contributed by atoms with Gasteiger partial charge in [0.25, 0.3) is 0 Å². The van der Waals surface area contributed by atoms with E-state index in [-0.39, 0.29) is 0 Å². The summed E-state index contributed by atoms with van der Waals surface area (Å²) in [6.45, 7) is 9.00. The number of allylic oxidation sites excluding steroid dienone is 3. The first-order valence-electron chi connectivity index (χ1n) is 13.2. The molecule has 0 heterocycles. The molecule has 1 saturated carbocycles. The fraction of sp³-hybridized carbons (Fsp3) is 0.257. The normalized spacial score (nSPS) is 19.7. The zero-order chi connectivity index (χ0) is 25.1. The Labute approximate surface area is 217 Å². The first-order chi connectivity index (χ1) is 17.5. The van der Waals surface area contributed by atoms with Gasteiger partial charge in [-0.05, 0) is 66.0 Å². The molecule has 0 N–H and O–H groups in total. The van der Waals surface area contributed by atoms with Crippen LogP contribution in [0, 0.1) is 6.92 Å². The zero-order valence-corrected chi connectivity index (χ0v) is 21.9. The van der Waals surface area contributed by atoms with Gasteiger partial charge in [0.05, 0.1) is 0 Å². The van der Waals surface area contributed by atoms with Gasteiger partial charge in [-0.1, -0.05) is 116 Å². The molecule has 0 radical (unpaired) electrons. The molecule has 0 amide bonds. The summed E-state index contributed by atoms with van der Waals surface area (Å²) in [5.74, 6) is 0.393. The average molecular weight is 472 g/mol. The Kier molecular flexibility index (Phi) is 7.09. The largest absolute Gasteiger partial charge is 0.370 e. The molecule has 2 aliphatic rings. The van der Waals surface area contributed by atoms with E-state index in [1.165, 1.54) is 44.7 Å². The zero-order valence-electron chi connectivity index (χ0n) is 21.9. The minimum atomic E-state index is 0.393. The van der Waals surface area contributed by atoms with Crippen molar-refractivity contribution in [2.45, 2.75) is 51.5 Å². The van der Waals surface area contributed by atoms with E-state index in [1.54, 1.807) is 5.57 Å². The van der Waals surface area contributed by atoms with E-state index in [2.05, 4.69) is 129 Å². The van der Waals surface area contributed by atoms with Crippen molar-refractivity contribution in [2.24, 2.45) is 0 Å². The number of aryl methyl sites for hydroxylation is 2. The summed E-state index contributed by atoms with van der Waals surface area (Å²) in [6.07, 6.45) is 10.9. The first kappa shape index (κ1) is 24.1. The van der Waals surface area contributed by atoms with Gasteiger partial charge in [0, 0.05) is 30.3 Å². The standard InChI is InChI=1S/C35H37N/c1-25-17-19-29(20-18-25)27(3)33-22-21-30-14-8-9-16-34(30)35(33)36(4)32-23-26(2)31(24-32)15-10-13-28-11-6-5-7-12-28/h5-20,27,32H,2,21-24H2,1,3-4H3/b13-10+,31-15+. The van der Waals surface area contributed by atoms with E-state index < -0.39 is 0 Å².